The Morgan fingerprint density at radius 1 is 1.24 bits per heavy atom. The quantitative estimate of drug-likeness (QED) is 0.693. The molecule has 0 unspecified atom stereocenters. The molecule has 0 aromatic carbocycles. The first-order chi connectivity index (χ1) is 10.1. The minimum Gasteiger partial charge on any atom is -0.381 e. The maximum absolute atomic E-state index is 5.62. The summed E-state index contributed by atoms with van der Waals surface area (Å²) in [5.41, 5.74) is 4.64. The molecule has 0 spiro atoms. The van der Waals surface area contributed by atoms with Crippen molar-refractivity contribution in [2.45, 2.75) is 52.4 Å². The molecule has 0 amide bonds. The van der Waals surface area contributed by atoms with Crippen LogP contribution >= 0.6 is 0 Å². The van der Waals surface area contributed by atoms with Gasteiger partial charge in [0.2, 0.25) is 0 Å². The van der Waals surface area contributed by atoms with Crippen LogP contribution in [0.2, 0.25) is 0 Å². The third-order valence-corrected chi connectivity index (χ3v) is 3.79. The van der Waals surface area contributed by atoms with Crippen LogP contribution in [0.1, 0.15) is 57.2 Å². The van der Waals surface area contributed by atoms with Crippen LogP contribution in [0, 0.1) is 0 Å². The number of pyridine rings is 1. The monoisotopic (exact) mass is 289 g/mol. The molecule has 2 aromatic rings. The molecular formula is C17H27N3O. The van der Waals surface area contributed by atoms with Gasteiger partial charge in [0.15, 0.2) is 0 Å². The molecule has 0 fully saturated rings. The molecule has 21 heavy (non-hydrogen) atoms. The molecule has 4 heteroatoms. The van der Waals surface area contributed by atoms with Crippen LogP contribution < -0.4 is 0 Å². The van der Waals surface area contributed by atoms with E-state index in [0.717, 1.165) is 43.7 Å². The maximum atomic E-state index is 5.62. The summed E-state index contributed by atoms with van der Waals surface area (Å²) in [5.74, 6) is 0.483. The van der Waals surface area contributed by atoms with Crippen molar-refractivity contribution in [2.24, 2.45) is 7.05 Å². The van der Waals surface area contributed by atoms with E-state index >= 15 is 0 Å². The van der Waals surface area contributed by atoms with Crippen LogP contribution in [-0.2, 0) is 18.2 Å². The zero-order valence-electron chi connectivity index (χ0n) is 13.7. The van der Waals surface area contributed by atoms with E-state index in [2.05, 4.69) is 36.9 Å². The van der Waals surface area contributed by atoms with Crippen molar-refractivity contribution < 1.29 is 4.74 Å². The molecule has 0 atom stereocenters. The van der Waals surface area contributed by atoms with Crippen LogP contribution in [0.5, 0.6) is 0 Å². The van der Waals surface area contributed by atoms with Gasteiger partial charge in [0.1, 0.15) is 5.52 Å². The molecule has 0 N–H and O–H groups in total. The van der Waals surface area contributed by atoms with Gasteiger partial charge < -0.3 is 4.74 Å². The number of rotatable bonds is 8. The third-order valence-electron chi connectivity index (χ3n) is 3.79. The number of aryl methyl sites for hydroxylation is 2. The second-order valence-electron chi connectivity index (χ2n) is 5.89. The third kappa shape index (κ3) is 3.82. The molecule has 0 saturated carbocycles. The summed E-state index contributed by atoms with van der Waals surface area (Å²) in [6.07, 6.45) is 6.17. The van der Waals surface area contributed by atoms with Crippen molar-refractivity contribution in [1.82, 2.24) is 14.8 Å². The molecule has 2 rings (SSSR count). The Bertz CT molecular complexity index is 575. The van der Waals surface area contributed by atoms with E-state index < -0.39 is 0 Å². The number of hydrogen-bond donors (Lipinski definition) is 0. The summed E-state index contributed by atoms with van der Waals surface area (Å²) in [4.78, 5) is 4.55. The molecule has 2 heterocycles. The van der Waals surface area contributed by atoms with Gasteiger partial charge in [-0.05, 0) is 36.8 Å². The number of ether oxygens (including phenoxy) is 1. The highest BCUT2D eigenvalue weighted by molar-refractivity contribution is 5.81. The molecule has 0 aliphatic heterocycles. The van der Waals surface area contributed by atoms with Gasteiger partial charge in [-0.3, -0.25) is 9.67 Å². The first kappa shape index (κ1) is 16.0. The highest BCUT2D eigenvalue weighted by Crippen LogP contribution is 2.25. The number of nitrogens with zero attached hydrogens (tertiary/aromatic N) is 3. The summed E-state index contributed by atoms with van der Waals surface area (Å²) in [6, 6.07) is 2.10. The lowest BCUT2D eigenvalue weighted by Gasteiger charge is -2.07. The van der Waals surface area contributed by atoms with E-state index in [-0.39, 0.29) is 0 Å². The largest absolute Gasteiger partial charge is 0.381 e. The Balaban J connectivity index is 2.06. The van der Waals surface area contributed by atoms with Gasteiger partial charge in [-0.1, -0.05) is 27.2 Å². The van der Waals surface area contributed by atoms with Crippen molar-refractivity contribution in [1.29, 1.82) is 0 Å². The molecule has 0 bridgehead atoms. The van der Waals surface area contributed by atoms with Crippen molar-refractivity contribution >= 4 is 11.0 Å². The van der Waals surface area contributed by atoms with Crippen molar-refractivity contribution in [2.75, 3.05) is 13.2 Å². The van der Waals surface area contributed by atoms with E-state index in [1.165, 1.54) is 17.5 Å². The zero-order chi connectivity index (χ0) is 15.2. The van der Waals surface area contributed by atoms with Crippen LogP contribution in [0.4, 0.5) is 0 Å². The standard InChI is InChI=1S/C17H27N3O/c1-5-6-11-21-12-7-8-15-16-17(20(4)19-15)14(13(2)3)9-10-18-16/h9-10,13H,5-8,11-12H2,1-4H3. The summed E-state index contributed by atoms with van der Waals surface area (Å²) >= 11 is 0. The Kier molecular flexibility index (Phi) is 5.74. The van der Waals surface area contributed by atoms with Gasteiger partial charge in [-0.25, -0.2) is 0 Å². The summed E-state index contributed by atoms with van der Waals surface area (Å²) in [7, 11) is 2.01. The molecule has 0 aliphatic carbocycles. The van der Waals surface area contributed by atoms with Crippen molar-refractivity contribution in [3.8, 4) is 0 Å². The lowest BCUT2D eigenvalue weighted by molar-refractivity contribution is 0.129. The molecule has 0 radical (unpaired) electrons. The summed E-state index contributed by atoms with van der Waals surface area (Å²) in [5, 5.41) is 4.67. The first-order valence-electron chi connectivity index (χ1n) is 8.03. The fourth-order valence-electron chi connectivity index (χ4n) is 2.62. The lowest BCUT2D eigenvalue weighted by atomic mass is 10.0. The van der Waals surface area contributed by atoms with Crippen LogP contribution in [0.3, 0.4) is 0 Å². The highest BCUT2D eigenvalue weighted by Gasteiger charge is 2.14. The number of aromatic nitrogens is 3. The second-order valence-corrected chi connectivity index (χ2v) is 5.89. The predicted octanol–water partition coefficient (Wildman–Crippen LogP) is 3.84. The van der Waals surface area contributed by atoms with Crippen molar-refractivity contribution in [3.63, 3.8) is 0 Å². The van der Waals surface area contributed by atoms with E-state index in [4.69, 9.17) is 4.74 Å². The molecule has 0 aliphatic rings. The highest BCUT2D eigenvalue weighted by atomic mass is 16.5. The van der Waals surface area contributed by atoms with Gasteiger partial charge in [-0.15, -0.1) is 0 Å². The van der Waals surface area contributed by atoms with Gasteiger partial charge >= 0.3 is 0 Å². The summed E-state index contributed by atoms with van der Waals surface area (Å²) in [6.45, 7) is 8.28. The van der Waals surface area contributed by atoms with Gasteiger partial charge in [-0.2, -0.15) is 5.10 Å². The van der Waals surface area contributed by atoms with Crippen LogP contribution in [0.25, 0.3) is 11.0 Å². The molecule has 4 nitrogen and oxygen atoms in total. The van der Waals surface area contributed by atoms with Crippen molar-refractivity contribution in [3.05, 3.63) is 23.5 Å². The Morgan fingerprint density at radius 3 is 2.71 bits per heavy atom. The maximum Gasteiger partial charge on any atom is 0.112 e. The Labute approximate surface area is 127 Å². The fraction of sp³-hybridized carbons (Fsp3) is 0.647. The van der Waals surface area contributed by atoms with E-state index in [1.54, 1.807) is 0 Å². The minimum atomic E-state index is 0.483. The van der Waals surface area contributed by atoms with E-state index in [0.29, 0.717) is 5.92 Å². The van der Waals surface area contributed by atoms with Gasteiger partial charge in [0, 0.05) is 26.5 Å². The van der Waals surface area contributed by atoms with Gasteiger partial charge in [0.05, 0.1) is 11.2 Å². The molecule has 0 saturated heterocycles. The normalized spacial score (nSPS) is 11.7. The number of hydrogen-bond acceptors (Lipinski definition) is 3. The lowest BCUT2D eigenvalue weighted by Crippen LogP contribution is -1.99. The topological polar surface area (TPSA) is 39.9 Å². The molecular weight excluding hydrogens is 262 g/mol. The van der Waals surface area contributed by atoms with Crippen LogP contribution in [0.15, 0.2) is 12.3 Å². The zero-order valence-corrected chi connectivity index (χ0v) is 13.7. The molecule has 116 valence electrons. The first-order valence-corrected chi connectivity index (χ1v) is 8.03. The van der Waals surface area contributed by atoms with Gasteiger partial charge in [0.25, 0.3) is 0 Å². The average Bonchev–Trinajstić information content (AvgIpc) is 2.79. The number of unbranched alkanes of at least 4 members (excludes halogenated alkanes) is 1. The minimum absolute atomic E-state index is 0.483. The average molecular weight is 289 g/mol. The van der Waals surface area contributed by atoms with E-state index in [1.807, 2.05) is 17.9 Å². The predicted molar refractivity (Wildman–Crippen MR) is 86.6 cm³/mol. The second kappa shape index (κ2) is 7.55. The Morgan fingerprint density at radius 2 is 2.00 bits per heavy atom. The smallest absolute Gasteiger partial charge is 0.112 e. The summed E-state index contributed by atoms with van der Waals surface area (Å²) < 4.78 is 7.60. The Hall–Kier alpha value is -1.42. The van der Waals surface area contributed by atoms with Crippen LogP contribution in [-0.4, -0.2) is 28.0 Å². The fourth-order valence-corrected chi connectivity index (χ4v) is 2.62. The SMILES string of the molecule is CCCCOCCCc1nn(C)c2c(C(C)C)ccnc12. The van der Waals surface area contributed by atoms with E-state index in [9.17, 15) is 0 Å². The number of fused-ring (bicyclic) bond motifs is 1. The molecule has 2 aromatic heterocycles.